The van der Waals surface area contributed by atoms with E-state index in [0.29, 0.717) is 0 Å². The van der Waals surface area contributed by atoms with Crippen molar-refractivity contribution >= 4 is 60.8 Å². The van der Waals surface area contributed by atoms with Gasteiger partial charge in [0, 0.05) is 131 Å². The summed E-state index contributed by atoms with van der Waals surface area (Å²) in [6, 6.07) is 0. The van der Waals surface area contributed by atoms with E-state index in [4.69, 9.17) is 0 Å². The zero-order chi connectivity index (χ0) is 0. The van der Waals surface area contributed by atoms with Gasteiger partial charge in [0.1, 0.15) is 0 Å². The van der Waals surface area contributed by atoms with E-state index in [2.05, 4.69) is 0 Å². The Bertz CT molecular complexity index is 40.1. The van der Waals surface area contributed by atoms with Crippen molar-refractivity contribution in [1.82, 2.24) is 0 Å². The van der Waals surface area contributed by atoms with Crippen LogP contribution in [0.2, 0.25) is 0 Å². The topological polar surface area (TPSA) is 0 Å². The van der Waals surface area contributed by atoms with Crippen molar-refractivity contribution in [1.29, 1.82) is 0 Å². The van der Waals surface area contributed by atoms with Gasteiger partial charge in [-0.15, -0.1) is 0 Å². The zero-order valence-corrected chi connectivity index (χ0v) is 20.4. The van der Waals surface area contributed by atoms with Gasteiger partial charge in [0.05, 0.1) is 0 Å². The van der Waals surface area contributed by atoms with E-state index in [1.165, 1.54) is 0 Å². The Kier molecular flexibility index (Phi) is 579. The van der Waals surface area contributed by atoms with Gasteiger partial charge in [-0.3, -0.25) is 0 Å². The summed E-state index contributed by atoms with van der Waals surface area (Å²) >= 11 is 0. The fourth-order valence-electron chi connectivity index (χ4n) is 0. The van der Waals surface area contributed by atoms with E-state index in [1.54, 1.807) is 0 Å². The molecule has 0 fully saturated rings. The Morgan fingerprint density at radius 2 is 1.11 bits per heavy atom. The Labute approximate surface area is 193 Å². The minimum atomic E-state index is 0. The van der Waals surface area contributed by atoms with Crippen LogP contribution < -0.4 is 0 Å². The summed E-state index contributed by atoms with van der Waals surface area (Å²) in [6.45, 7) is 0. The van der Waals surface area contributed by atoms with Crippen LogP contribution in [0.5, 0.6) is 0 Å². The maximum Gasteiger partial charge on any atom is 2.00 e. The Hall–Kier alpha value is 6.13. The molecule has 0 aromatic heterocycles. The van der Waals surface area contributed by atoms with E-state index < -0.39 is 0 Å². The molecule has 57 valence electrons. The third kappa shape index (κ3) is 55.3. The van der Waals surface area contributed by atoms with Crippen LogP contribution in [-0.2, 0) is 131 Å². The van der Waals surface area contributed by atoms with Gasteiger partial charge in [-0.25, -0.2) is 0 Å². The predicted molar refractivity (Wildman–Crippen MR) is 16.0 cm³/mol. The summed E-state index contributed by atoms with van der Waals surface area (Å²) in [5.74, 6) is 0. The van der Waals surface area contributed by atoms with Gasteiger partial charge in [-0.05, 0) is 0 Å². The van der Waals surface area contributed by atoms with Crippen LogP contribution in [0, 0.1) is 0 Å². The molecular weight excluding hydrogens is 534 g/mol. The first-order chi connectivity index (χ1) is 0. The van der Waals surface area contributed by atoms with Crippen molar-refractivity contribution in [2.24, 2.45) is 0 Å². The van der Waals surface area contributed by atoms with Crippen molar-refractivity contribution in [3.63, 3.8) is 0 Å². The standard InChI is InChI=1S/Ca.Cd.Co.Cu.Fe.Mg.Mn.Ni.Zn.4H/q+2;;;;;+2;;;;4*-1. The van der Waals surface area contributed by atoms with Gasteiger partial charge in [-0.2, -0.15) is 0 Å². The monoisotopic (exact) mass is 536 g/mol. The zero-order valence-electron chi connectivity index (χ0n) is 8.51. The molecule has 0 nitrogen and oxygen atoms in total. The molecular formula is H4CaCdCoCuFeMgMnNiZn. The molecule has 0 unspecified atom stereocenters. The molecule has 0 amide bonds. The molecule has 9 heavy (non-hydrogen) atoms. The summed E-state index contributed by atoms with van der Waals surface area (Å²) in [5.41, 5.74) is 0. The predicted octanol–water partition coefficient (Wildman–Crippen LogP) is -0.329. The smallest absolute Gasteiger partial charge is 1.00 e. The summed E-state index contributed by atoms with van der Waals surface area (Å²) in [5, 5.41) is 0. The van der Waals surface area contributed by atoms with Gasteiger partial charge in [0.15, 0.2) is 0 Å². The third-order valence-corrected chi connectivity index (χ3v) is 0. The van der Waals surface area contributed by atoms with Gasteiger partial charge in [-0.1, -0.05) is 0 Å². The Morgan fingerprint density at radius 1 is 1.11 bits per heavy atom. The average Bonchev–Trinajstić information content (AvgIpc) is 0. The van der Waals surface area contributed by atoms with E-state index in [-0.39, 0.29) is 198 Å². The molecule has 0 N–H and O–H groups in total. The quantitative estimate of drug-likeness (QED) is 0.371. The van der Waals surface area contributed by atoms with Crippen molar-refractivity contribution in [3.8, 4) is 0 Å². The molecule has 0 aliphatic rings. The van der Waals surface area contributed by atoms with Crippen LogP contribution in [0.15, 0.2) is 0 Å². The molecule has 3 radical (unpaired) electrons. The molecule has 0 spiro atoms. The molecule has 0 saturated carbocycles. The van der Waals surface area contributed by atoms with Gasteiger partial charge in [0.2, 0.25) is 0 Å². The summed E-state index contributed by atoms with van der Waals surface area (Å²) < 4.78 is 0. The third-order valence-electron chi connectivity index (χ3n) is 0. The molecule has 0 aromatic rings. The molecule has 0 bridgehead atoms. The summed E-state index contributed by atoms with van der Waals surface area (Å²) in [7, 11) is 0. The molecule has 0 rings (SSSR count). The maximum atomic E-state index is 0. The van der Waals surface area contributed by atoms with Crippen molar-refractivity contribution in [3.05, 3.63) is 0 Å². The summed E-state index contributed by atoms with van der Waals surface area (Å²) in [4.78, 5) is 0. The molecule has 0 atom stereocenters. The second-order valence-corrected chi connectivity index (χ2v) is 0. The van der Waals surface area contributed by atoms with Crippen LogP contribution >= 0.6 is 0 Å². The normalized spacial score (nSPS) is 0. The second kappa shape index (κ2) is 64.8. The minimum Gasteiger partial charge on any atom is -1.00 e. The summed E-state index contributed by atoms with van der Waals surface area (Å²) in [6.07, 6.45) is 0. The van der Waals surface area contributed by atoms with Crippen molar-refractivity contribution < 1.29 is 137 Å². The largest absolute Gasteiger partial charge is 2.00 e. The minimum absolute atomic E-state index is 0. The fraction of sp³-hybridized carbons (Fsp3) is 0. The number of rotatable bonds is 0. The van der Waals surface area contributed by atoms with Crippen LogP contribution in [-0.4, -0.2) is 60.8 Å². The van der Waals surface area contributed by atoms with Gasteiger partial charge >= 0.3 is 60.8 Å². The fourth-order valence-corrected chi connectivity index (χ4v) is 0. The van der Waals surface area contributed by atoms with E-state index in [9.17, 15) is 0 Å². The molecule has 0 heterocycles. The number of hydrogen-bond acceptors (Lipinski definition) is 0. The first-order valence-corrected chi connectivity index (χ1v) is 0. The van der Waals surface area contributed by atoms with E-state index in [0.717, 1.165) is 0 Å². The first-order valence-electron chi connectivity index (χ1n) is 0. The number of hydrogen-bond donors (Lipinski definition) is 0. The Balaban J connectivity index is 0. The average molecular weight is 538 g/mol. The van der Waals surface area contributed by atoms with Gasteiger partial charge < -0.3 is 5.71 Å². The van der Waals surface area contributed by atoms with Gasteiger partial charge in [0.25, 0.3) is 0 Å². The van der Waals surface area contributed by atoms with Crippen LogP contribution in [0.1, 0.15) is 5.71 Å². The molecule has 0 saturated heterocycles. The molecule has 0 aromatic carbocycles. The molecule has 9 heteroatoms. The van der Waals surface area contributed by atoms with Crippen molar-refractivity contribution in [2.45, 2.75) is 0 Å². The maximum absolute atomic E-state index is 0. The second-order valence-electron chi connectivity index (χ2n) is 0. The van der Waals surface area contributed by atoms with Crippen LogP contribution in [0.4, 0.5) is 0 Å². The van der Waals surface area contributed by atoms with Crippen LogP contribution in [0.3, 0.4) is 0 Å². The first kappa shape index (κ1) is 80.4. The van der Waals surface area contributed by atoms with E-state index in [1.807, 2.05) is 0 Å². The SMILES string of the molecule is [Ca+2].[Cd].[Co].[Cu].[Fe].[H-].[H-].[H-].[H-].[Mg+2].[Mn].[Ni].[Zn]. The van der Waals surface area contributed by atoms with Crippen molar-refractivity contribution in [2.75, 3.05) is 0 Å². The van der Waals surface area contributed by atoms with Crippen LogP contribution in [0.25, 0.3) is 0 Å². The molecule has 0 aliphatic heterocycles. The van der Waals surface area contributed by atoms with E-state index >= 15 is 0 Å². The molecule has 0 aliphatic carbocycles. The Morgan fingerprint density at radius 3 is 1.11 bits per heavy atom.